The second kappa shape index (κ2) is 2.84. The molecule has 0 aliphatic carbocycles. The van der Waals surface area contributed by atoms with E-state index >= 15 is 0 Å². The quantitative estimate of drug-likeness (QED) is 0.584. The first-order valence-corrected chi connectivity index (χ1v) is 4.28. The predicted molar refractivity (Wildman–Crippen MR) is 43.1 cm³/mol. The Morgan fingerprint density at radius 1 is 1.64 bits per heavy atom. The zero-order valence-electron chi connectivity index (χ0n) is 7.52. The summed E-state index contributed by atoms with van der Waals surface area (Å²) >= 11 is 0. The van der Waals surface area contributed by atoms with Gasteiger partial charge in [-0.1, -0.05) is 20.8 Å². The molecule has 2 heteroatoms. The maximum absolute atomic E-state index is 11.1. The molecule has 11 heavy (non-hydrogen) atoms. The van der Waals surface area contributed by atoms with Crippen molar-refractivity contribution in [1.82, 2.24) is 0 Å². The number of esters is 1. The van der Waals surface area contributed by atoms with Gasteiger partial charge in [0.1, 0.15) is 12.0 Å². The van der Waals surface area contributed by atoms with Gasteiger partial charge in [0.15, 0.2) is 0 Å². The summed E-state index contributed by atoms with van der Waals surface area (Å²) in [6.07, 6.45) is 1.90. The van der Waals surface area contributed by atoms with E-state index in [-0.39, 0.29) is 11.4 Å². The van der Waals surface area contributed by atoms with Crippen molar-refractivity contribution in [2.24, 2.45) is 11.3 Å². The van der Waals surface area contributed by atoms with Gasteiger partial charge in [-0.25, -0.2) is 0 Å². The van der Waals surface area contributed by atoms with E-state index in [9.17, 15) is 4.79 Å². The van der Waals surface area contributed by atoms with Crippen LogP contribution in [0.25, 0.3) is 0 Å². The maximum atomic E-state index is 11.1. The van der Waals surface area contributed by atoms with Crippen molar-refractivity contribution in [2.75, 3.05) is 6.61 Å². The summed E-state index contributed by atoms with van der Waals surface area (Å²) in [7, 11) is 0. The summed E-state index contributed by atoms with van der Waals surface area (Å²) in [4.78, 5) is 11.1. The lowest BCUT2D eigenvalue weighted by atomic mass is 9.75. The van der Waals surface area contributed by atoms with E-state index in [1.165, 1.54) is 0 Å². The van der Waals surface area contributed by atoms with Crippen molar-refractivity contribution >= 4 is 5.97 Å². The molecule has 0 N–H and O–H groups in total. The van der Waals surface area contributed by atoms with Gasteiger partial charge < -0.3 is 4.74 Å². The lowest BCUT2D eigenvalue weighted by Gasteiger charge is -2.39. The lowest BCUT2D eigenvalue weighted by molar-refractivity contribution is -0.188. The molecule has 1 atom stereocenters. The minimum absolute atomic E-state index is 0.00806. The van der Waals surface area contributed by atoms with Crippen molar-refractivity contribution in [3.05, 3.63) is 0 Å². The van der Waals surface area contributed by atoms with Crippen LogP contribution < -0.4 is 0 Å². The molecule has 1 unspecified atom stereocenters. The third-order valence-corrected chi connectivity index (χ3v) is 2.39. The van der Waals surface area contributed by atoms with Gasteiger partial charge in [0, 0.05) is 0 Å². The summed E-state index contributed by atoms with van der Waals surface area (Å²) in [5.74, 6) is 0.594. The van der Waals surface area contributed by atoms with Gasteiger partial charge in [0.2, 0.25) is 0 Å². The van der Waals surface area contributed by atoms with Crippen LogP contribution in [0.1, 0.15) is 33.6 Å². The number of carbonyl (C=O) groups is 1. The Kier molecular flexibility index (Phi) is 2.21. The zero-order valence-corrected chi connectivity index (χ0v) is 7.52. The SMILES string of the molecule is CCC1(CC(C)C)COC1=O. The van der Waals surface area contributed by atoms with Crippen LogP contribution in [-0.4, -0.2) is 12.6 Å². The van der Waals surface area contributed by atoms with E-state index < -0.39 is 0 Å². The first kappa shape index (κ1) is 8.57. The van der Waals surface area contributed by atoms with E-state index in [4.69, 9.17) is 4.74 Å². The molecule has 0 spiro atoms. The number of hydrogen-bond donors (Lipinski definition) is 0. The molecule has 1 rings (SSSR count). The van der Waals surface area contributed by atoms with Crippen molar-refractivity contribution in [2.45, 2.75) is 33.6 Å². The Labute approximate surface area is 67.9 Å². The third-order valence-electron chi connectivity index (χ3n) is 2.39. The Morgan fingerprint density at radius 3 is 2.36 bits per heavy atom. The minimum atomic E-state index is -0.117. The highest BCUT2D eigenvalue weighted by Crippen LogP contribution is 2.38. The zero-order chi connectivity index (χ0) is 8.48. The van der Waals surface area contributed by atoms with Crippen LogP contribution in [0.5, 0.6) is 0 Å². The molecule has 0 radical (unpaired) electrons. The highest BCUT2D eigenvalue weighted by atomic mass is 16.6. The summed E-state index contributed by atoms with van der Waals surface area (Å²) in [6, 6.07) is 0. The first-order chi connectivity index (χ1) is 5.10. The topological polar surface area (TPSA) is 26.3 Å². The Bertz CT molecular complexity index is 159. The molecular formula is C9H16O2. The Morgan fingerprint density at radius 2 is 2.27 bits per heavy atom. The molecule has 1 aliphatic rings. The summed E-state index contributed by atoms with van der Waals surface area (Å²) < 4.78 is 4.80. The second-order valence-electron chi connectivity index (χ2n) is 3.81. The second-order valence-corrected chi connectivity index (χ2v) is 3.81. The molecule has 2 nitrogen and oxygen atoms in total. The van der Waals surface area contributed by atoms with Crippen LogP contribution >= 0.6 is 0 Å². The number of hydrogen-bond acceptors (Lipinski definition) is 2. The van der Waals surface area contributed by atoms with Crippen LogP contribution in [0.2, 0.25) is 0 Å². The van der Waals surface area contributed by atoms with Crippen molar-refractivity contribution in [3.63, 3.8) is 0 Å². The normalized spacial score (nSPS) is 30.0. The third kappa shape index (κ3) is 1.39. The van der Waals surface area contributed by atoms with Gasteiger partial charge in [0.05, 0.1) is 0 Å². The van der Waals surface area contributed by atoms with Crippen LogP contribution in [-0.2, 0) is 9.53 Å². The molecule has 0 saturated carbocycles. The highest BCUT2D eigenvalue weighted by Gasteiger charge is 2.47. The monoisotopic (exact) mass is 156 g/mol. The van der Waals surface area contributed by atoms with Gasteiger partial charge in [-0.15, -0.1) is 0 Å². The largest absolute Gasteiger partial charge is 0.464 e. The van der Waals surface area contributed by atoms with Crippen LogP contribution in [0.4, 0.5) is 0 Å². The number of rotatable bonds is 3. The summed E-state index contributed by atoms with van der Waals surface area (Å²) in [6.45, 7) is 6.98. The fraction of sp³-hybridized carbons (Fsp3) is 0.889. The first-order valence-electron chi connectivity index (χ1n) is 4.28. The molecule has 0 aromatic heterocycles. The summed E-state index contributed by atoms with van der Waals surface area (Å²) in [5, 5.41) is 0. The molecule has 1 heterocycles. The van der Waals surface area contributed by atoms with Crippen LogP contribution in [0.15, 0.2) is 0 Å². The molecule has 0 amide bonds. The molecule has 1 saturated heterocycles. The average Bonchev–Trinajstić information content (AvgIpc) is 1.96. The van der Waals surface area contributed by atoms with Crippen molar-refractivity contribution in [1.29, 1.82) is 0 Å². The van der Waals surface area contributed by atoms with Gasteiger partial charge in [0.25, 0.3) is 0 Å². The molecule has 1 aliphatic heterocycles. The fourth-order valence-electron chi connectivity index (χ4n) is 1.65. The summed E-state index contributed by atoms with van der Waals surface area (Å²) in [5.41, 5.74) is -0.117. The molecule has 0 bridgehead atoms. The predicted octanol–water partition coefficient (Wildman–Crippen LogP) is 1.99. The van der Waals surface area contributed by atoms with E-state index in [0.717, 1.165) is 12.8 Å². The molecule has 0 aromatic rings. The molecule has 1 fully saturated rings. The average molecular weight is 156 g/mol. The molecule has 64 valence electrons. The number of ether oxygens (including phenoxy) is 1. The van der Waals surface area contributed by atoms with Crippen molar-refractivity contribution < 1.29 is 9.53 Å². The van der Waals surface area contributed by atoms with Gasteiger partial charge >= 0.3 is 5.97 Å². The standard InChI is InChI=1S/C9H16O2/c1-4-9(5-7(2)3)6-11-8(9)10/h7H,4-6H2,1-3H3. The Balaban J connectivity index is 2.54. The van der Waals surface area contributed by atoms with E-state index in [0.29, 0.717) is 12.5 Å². The van der Waals surface area contributed by atoms with Crippen LogP contribution in [0.3, 0.4) is 0 Å². The number of carbonyl (C=O) groups excluding carboxylic acids is 1. The van der Waals surface area contributed by atoms with Crippen molar-refractivity contribution in [3.8, 4) is 0 Å². The molecule has 0 aromatic carbocycles. The van der Waals surface area contributed by atoms with Crippen LogP contribution in [0, 0.1) is 11.3 Å². The minimum Gasteiger partial charge on any atom is -0.464 e. The van der Waals surface area contributed by atoms with E-state index in [1.807, 2.05) is 0 Å². The lowest BCUT2D eigenvalue weighted by Crippen LogP contribution is -2.48. The smallest absolute Gasteiger partial charge is 0.315 e. The number of cyclic esters (lactones) is 1. The van der Waals surface area contributed by atoms with E-state index in [2.05, 4.69) is 20.8 Å². The molecular weight excluding hydrogens is 140 g/mol. The van der Waals surface area contributed by atoms with Gasteiger partial charge in [-0.3, -0.25) is 4.79 Å². The highest BCUT2D eigenvalue weighted by molar-refractivity contribution is 5.81. The van der Waals surface area contributed by atoms with Gasteiger partial charge in [-0.05, 0) is 18.8 Å². The van der Waals surface area contributed by atoms with E-state index in [1.54, 1.807) is 0 Å². The van der Waals surface area contributed by atoms with Gasteiger partial charge in [-0.2, -0.15) is 0 Å². The maximum Gasteiger partial charge on any atom is 0.315 e. The fourth-order valence-corrected chi connectivity index (χ4v) is 1.65. The Hall–Kier alpha value is -0.530.